The average molecular weight is 382 g/mol. The van der Waals surface area contributed by atoms with Crippen LogP contribution < -0.4 is 5.32 Å². The minimum atomic E-state index is -0.167. The molecule has 1 aromatic carbocycles. The zero-order chi connectivity index (χ0) is 18.6. The first kappa shape index (κ1) is 17.4. The van der Waals surface area contributed by atoms with Gasteiger partial charge >= 0.3 is 0 Å². The highest BCUT2D eigenvalue weighted by Crippen LogP contribution is 2.24. The molecular formula is C19H18N4O3S. The first-order valence-electron chi connectivity index (χ1n) is 8.72. The maximum atomic E-state index is 12.7. The maximum absolute atomic E-state index is 12.7. The summed E-state index contributed by atoms with van der Waals surface area (Å²) < 4.78 is 5.31. The van der Waals surface area contributed by atoms with Gasteiger partial charge in [0.05, 0.1) is 0 Å². The Morgan fingerprint density at radius 3 is 2.67 bits per heavy atom. The van der Waals surface area contributed by atoms with Gasteiger partial charge in [-0.1, -0.05) is 35.5 Å². The number of amides is 2. The van der Waals surface area contributed by atoms with Crippen molar-refractivity contribution in [1.82, 2.24) is 15.0 Å². The summed E-state index contributed by atoms with van der Waals surface area (Å²) in [5.41, 5.74) is 1.17. The quantitative estimate of drug-likeness (QED) is 0.748. The normalized spacial score (nSPS) is 14.9. The van der Waals surface area contributed by atoms with Crippen LogP contribution in [-0.2, 0) is 4.79 Å². The van der Waals surface area contributed by atoms with Crippen LogP contribution in [0.2, 0.25) is 0 Å². The largest absolute Gasteiger partial charge is 0.355 e. The molecule has 4 rings (SSSR count). The SMILES string of the molecule is O=C(Nc1nccs1)C1CCN(C(=O)c2cc(-c3ccccc3)on2)CC1. The molecule has 3 aromatic rings. The van der Waals surface area contributed by atoms with Gasteiger partial charge < -0.3 is 14.7 Å². The Kier molecular flexibility index (Phi) is 4.97. The van der Waals surface area contributed by atoms with E-state index in [0.717, 1.165) is 5.56 Å². The van der Waals surface area contributed by atoms with Gasteiger partial charge in [-0.15, -0.1) is 11.3 Å². The zero-order valence-electron chi connectivity index (χ0n) is 14.5. The van der Waals surface area contributed by atoms with Crippen LogP contribution in [0.25, 0.3) is 11.3 Å². The third kappa shape index (κ3) is 3.90. The summed E-state index contributed by atoms with van der Waals surface area (Å²) in [5.74, 6) is 0.247. The fourth-order valence-electron chi connectivity index (χ4n) is 3.11. The van der Waals surface area contributed by atoms with Crippen LogP contribution in [0.15, 0.2) is 52.5 Å². The highest BCUT2D eigenvalue weighted by molar-refractivity contribution is 7.13. The van der Waals surface area contributed by atoms with Crippen molar-refractivity contribution in [3.05, 3.63) is 53.7 Å². The topological polar surface area (TPSA) is 88.3 Å². The minimum Gasteiger partial charge on any atom is -0.355 e. The van der Waals surface area contributed by atoms with Crippen molar-refractivity contribution in [1.29, 1.82) is 0 Å². The van der Waals surface area contributed by atoms with Crippen molar-refractivity contribution in [3.8, 4) is 11.3 Å². The number of thiazole rings is 1. The summed E-state index contributed by atoms with van der Waals surface area (Å²) in [7, 11) is 0. The molecule has 2 amide bonds. The Hall–Kier alpha value is -3.00. The molecule has 1 N–H and O–H groups in total. The second kappa shape index (κ2) is 7.71. The molecule has 3 heterocycles. The van der Waals surface area contributed by atoms with Gasteiger partial charge in [0, 0.05) is 42.2 Å². The van der Waals surface area contributed by atoms with Crippen molar-refractivity contribution in [2.45, 2.75) is 12.8 Å². The van der Waals surface area contributed by atoms with Gasteiger partial charge in [0.2, 0.25) is 5.91 Å². The number of nitrogens with zero attached hydrogens (tertiary/aromatic N) is 3. The van der Waals surface area contributed by atoms with E-state index in [1.54, 1.807) is 17.2 Å². The zero-order valence-corrected chi connectivity index (χ0v) is 15.3. The summed E-state index contributed by atoms with van der Waals surface area (Å²) in [6, 6.07) is 11.2. The third-order valence-electron chi connectivity index (χ3n) is 4.60. The molecule has 1 aliphatic rings. The molecule has 1 aliphatic heterocycles. The van der Waals surface area contributed by atoms with Gasteiger partial charge in [-0.2, -0.15) is 0 Å². The van der Waals surface area contributed by atoms with Crippen LogP contribution in [0.3, 0.4) is 0 Å². The minimum absolute atomic E-state index is 0.0372. The molecule has 0 spiro atoms. The van der Waals surface area contributed by atoms with Gasteiger partial charge in [-0.3, -0.25) is 9.59 Å². The smallest absolute Gasteiger partial charge is 0.276 e. The van der Waals surface area contributed by atoms with E-state index in [1.807, 2.05) is 35.7 Å². The lowest BCUT2D eigenvalue weighted by molar-refractivity contribution is -0.121. The van der Waals surface area contributed by atoms with Crippen molar-refractivity contribution in [3.63, 3.8) is 0 Å². The summed E-state index contributed by atoms with van der Waals surface area (Å²) >= 11 is 1.39. The van der Waals surface area contributed by atoms with Crippen LogP contribution in [0.4, 0.5) is 5.13 Å². The van der Waals surface area contributed by atoms with Gasteiger partial charge in [0.25, 0.3) is 5.91 Å². The number of hydrogen-bond donors (Lipinski definition) is 1. The van der Waals surface area contributed by atoms with Crippen LogP contribution in [0.1, 0.15) is 23.3 Å². The molecule has 7 nitrogen and oxygen atoms in total. The van der Waals surface area contributed by atoms with Crippen molar-refractivity contribution >= 4 is 28.3 Å². The summed E-state index contributed by atoms with van der Waals surface area (Å²) in [6.45, 7) is 1.03. The molecule has 1 fully saturated rings. The molecule has 27 heavy (non-hydrogen) atoms. The van der Waals surface area contributed by atoms with Gasteiger partial charge in [0.15, 0.2) is 16.6 Å². The van der Waals surface area contributed by atoms with Crippen molar-refractivity contribution in [2.75, 3.05) is 18.4 Å². The highest BCUT2D eigenvalue weighted by Gasteiger charge is 2.29. The molecule has 0 aliphatic carbocycles. The summed E-state index contributed by atoms with van der Waals surface area (Å²) in [5, 5.41) is 9.17. The van der Waals surface area contributed by atoms with Crippen molar-refractivity contribution in [2.24, 2.45) is 5.92 Å². The second-order valence-electron chi connectivity index (χ2n) is 6.34. The lowest BCUT2D eigenvalue weighted by atomic mass is 9.96. The Morgan fingerprint density at radius 1 is 1.19 bits per heavy atom. The molecule has 0 bridgehead atoms. The Labute approximate surface area is 160 Å². The molecule has 0 atom stereocenters. The van der Waals surface area contributed by atoms with Crippen LogP contribution in [0, 0.1) is 5.92 Å². The monoisotopic (exact) mass is 382 g/mol. The second-order valence-corrected chi connectivity index (χ2v) is 7.23. The van der Waals surface area contributed by atoms with E-state index < -0.39 is 0 Å². The first-order chi connectivity index (χ1) is 13.2. The van der Waals surface area contributed by atoms with Crippen molar-refractivity contribution < 1.29 is 14.1 Å². The lowest BCUT2D eigenvalue weighted by Gasteiger charge is -2.30. The van der Waals surface area contributed by atoms with Gasteiger partial charge in [-0.05, 0) is 12.8 Å². The average Bonchev–Trinajstić information content (AvgIpc) is 3.40. The first-order valence-corrected chi connectivity index (χ1v) is 9.60. The Bertz CT molecular complexity index is 916. The van der Waals surface area contributed by atoms with Crippen LogP contribution in [-0.4, -0.2) is 39.9 Å². The highest BCUT2D eigenvalue weighted by atomic mass is 32.1. The molecule has 0 unspecified atom stereocenters. The third-order valence-corrected chi connectivity index (χ3v) is 5.29. The van der Waals surface area contributed by atoms with E-state index in [4.69, 9.17) is 4.52 Å². The fourth-order valence-corrected chi connectivity index (χ4v) is 3.65. The van der Waals surface area contributed by atoms with E-state index in [1.165, 1.54) is 11.3 Å². The number of likely N-dealkylation sites (tertiary alicyclic amines) is 1. The number of carbonyl (C=O) groups is 2. The lowest BCUT2D eigenvalue weighted by Crippen LogP contribution is -2.41. The van der Waals surface area contributed by atoms with E-state index in [-0.39, 0.29) is 17.7 Å². The number of hydrogen-bond acceptors (Lipinski definition) is 6. The van der Waals surface area contributed by atoms with Gasteiger partial charge in [0.1, 0.15) is 0 Å². The van der Waals surface area contributed by atoms with E-state index >= 15 is 0 Å². The number of carbonyl (C=O) groups excluding carboxylic acids is 2. The summed E-state index contributed by atoms with van der Waals surface area (Å²) in [4.78, 5) is 30.8. The number of piperidine rings is 1. The molecule has 2 aromatic heterocycles. The Balaban J connectivity index is 1.35. The maximum Gasteiger partial charge on any atom is 0.276 e. The molecule has 138 valence electrons. The molecule has 8 heteroatoms. The van der Waals surface area contributed by atoms with Crippen LogP contribution >= 0.6 is 11.3 Å². The predicted octanol–water partition coefficient (Wildman–Crippen LogP) is 3.29. The summed E-state index contributed by atoms with van der Waals surface area (Å²) in [6.07, 6.45) is 2.89. The molecular weight excluding hydrogens is 364 g/mol. The number of anilines is 1. The molecule has 0 radical (unpaired) electrons. The van der Waals surface area contributed by atoms with E-state index in [2.05, 4.69) is 15.5 Å². The Morgan fingerprint density at radius 2 is 1.96 bits per heavy atom. The van der Waals surface area contributed by atoms with E-state index in [0.29, 0.717) is 42.5 Å². The number of nitrogens with one attached hydrogen (secondary N) is 1. The number of benzene rings is 1. The number of aromatic nitrogens is 2. The number of rotatable bonds is 4. The molecule has 1 saturated heterocycles. The molecule has 0 saturated carbocycles. The van der Waals surface area contributed by atoms with Crippen LogP contribution in [0.5, 0.6) is 0 Å². The standard InChI is InChI=1S/C19H18N4O3S/c24-17(21-19-20-8-11-27-19)14-6-9-23(10-7-14)18(25)15-12-16(26-22-15)13-4-2-1-3-5-13/h1-5,8,11-12,14H,6-7,9-10H2,(H,20,21,24). The van der Waals surface area contributed by atoms with Gasteiger partial charge in [-0.25, -0.2) is 4.98 Å². The van der Waals surface area contributed by atoms with E-state index in [9.17, 15) is 9.59 Å². The fraction of sp³-hybridized carbons (Fsp3) is 0.263. The predicted molar refractivity (Wildman–Crippen MR) is 101 cm³/mol.